The summed E-state index contributed by atoms with van der Waals surface area (Å²) in [5, 5.41) is 2.91. The second-order valence-corrected chi connectivity index (χ2v) is 10.1. The van der Waals surface area contributed by atoms with Gasteiger partial charge in [-0.3, -0.25) is 4.90 Å². The SMILES string of the molecule is Cc1nc(NCc2cccc(C(F)(F)F)c2F)c(CN(C)c2ccccc2)c(C2(C=O)CCN(CC(F)(F)F)C2)n1. The number of rotatable bonds is 9. The van der Waals surface area contributed by atoms with Crippen LogP contribution in [-0.2, 0) is 29.5 Å². The molecular weight excluding hydrogens is 555 g/mol. The van der Waals surface area contributed by atoms with Gasteiger partial charge in [0.2, 0.25) is 0 Å². The van der Waals surface area contributed by atoms with E-state index in [1.54, 1.807) is 7.05 Å². The number of carbonyl (C=O) groups excluding carboxylic acids is 1. The molecule has 0 aliphatic carbocycles. The average molecular weight is 584 g/mol. The van der Waals surface area contributed by atoms with Gasteiger partial charge < -0.3 is 15.0 Å². The fraction of sp³-hybridized carbons (Fsp3) is 0.393. The minimum Gasteiger partial charge on any atom is -0.370 e. The van der Waals surface area contributed by atoms with Crippen LogP contribution >= 0.6 is 0 Å². The number of anilines is 2. The highest BCUT2D eigenvalue weighted by Gasteiger charge is 2.46. The van der Waals surface area contributed by atoms with Crippen molar-refractivity contribution in [2.45, 2.75) is 44.2 Å². The number of para-hydroxylation sites is 1. The van der Waals surface area contributed by atoms with Crippen molar-refractivity contribution < 1.29 is 35.5 Å². The van der Waals surface area contributed by atoms with E-state index < -0.39 is 35.7 Å². The molecule has 4 rings (SSSR count). The zero-order valence-electron chi connectivity index (χ0n) is 22.3. The first-order valence-corrected chi connectivity index (χ1v) is 12.7. The largest absolute Gasteiger partial charge is 0.419 e. The van der Waals surface area contributed by atoms with Crippen LogP contribution in [0.25, 0.3) is 0 Å². The molecule has 1 fully saturated rings. The maximum absolute atomic E-state index is 14.8. The Balaban J connectivity index is 1.76. The van der Waals surface area contributed by atoms with E-state index in [9.17, 15) is 35.5 Å². The smallest absolute Gasteiger partial charge is 0.370 e. The molecule has 3 aromatic rings. The van der Waals surface area contributed by atoms with E-state index in [4.69, 9.17) is 0 Å². The lowest BCUT2D eigenvalue weighted by Gasteiger charge is -2.29. The second kappa shape index (κ2) is 11.6. The average Bonchev–Trinajstić information content (AvgIpc) is 3.31. The van der Waals surface area contributed by atoms with Crippen LogP contribution in [0.3, 0.4) is 0 Å². The third-order valence-electron chi connectivity index (χ3n) is 7.02. The van der Waals surface area contributed by atoms with Crippen LogP contribution in [0.5, 0.6) is 0 Å². The first-order chi connectivity index (χ1) is 19.2. The Hall–Kier alpha value is -3.74. The molecule has 2 aromatic carbocycles. The Morgan fingerprint density at radius 2 is 1.76 bits per heavy atom. The number of nitrogens with zero attached hydrogens (tertiary/aromatic N) is 4. The number of nitrogens with one attached hydrogen (secondary N) is 1. The molecule has 0 bridgehead atoms. The summed E-state index contributed by atoms with van der Waals surface area (Å²) in [5.74, 6) is -1.10. The third kappa shape index (κ3) is 6.95. The molecule has 2 heterocycles. The maximum atomic E-state index is 14.8. The van der Waals surface area contributed by atoms with Gasteiger partial charge >= 0.3 is 12.4 Å². The van der Waals surface area contributed by atoms with Crippen LogP contribution in [0, 0.1) is 12.7 Å². The minimum absolute atomic E-state index is 0.00741. The third-order valence-corrected chi connectivity index (χ3v) is 7.02. The molecular formula is C28H28F7N5O. The molecule has 1 unspecified atom stereocenters. The van der Waals surface area contributed by atoms with Gasteiger partial charge in [0.1, 0.15) is 23.7 Å². The van der Waals surface area contributed by atoms with Crippen LogP contribution in [0.1, 0.15) is 34.6 Å². The molecule has 0 spiro atoms. The summed E-state index contributed by atoms with van der Waals surface area (Å²) in [6, 6.07) is 12.1. The van der Waals surface area contributed by atoms with Crippen LogP contribution in [0.15, 0.2) is 48.5 Å². The number of benzene rings is 2. The van der Waals surface area contributed by atoms with E-state index in [0.29, 0.717) is 17.9 Å². The fourth-order valence-corrected chi connectivity index (χ4v) is 5.08. The topological polar surface area (TPSA) is 61.4 Å². The van der Waals surface area contributed by atoms with Gasteiger partial charge in [0.15, 0.2) is 0 Å². The first-order valence-electron chi connectivity index (χ1n) is 12.7. The van der Waals surface area contributed by atoms with Gasteiger partial charge in [0, 0.05) is 43.5 Å². The van der Waals surface area contributed by atoms with E-state index in [0.717, 1.165) is 16.7 Å². The van der Waals surface area contributed by atoms with Crippen molar-refractivity contribution >= 4 is 17.8 Å². The quantitative estimate of drug-likeness (QED) is 0.250. The van der Waals surface area contributed by atoms with Crippen LogP contribution < -0.4 is 10.2 Å². The summed E-state index contributed by atoms with van der Waals surface area (Å²) in [5.41, 5.74) is -1.68. The monoisotopic (exact) mass is 583 g/mol. The van der Waals surface area contributed by atoms with Gasteiger partial charge in [-0.1, -0.05) is 30.3 Å². The molecule has 1 atom stereocenters. The molecule has 1 aliphatic rings. The maximum Gasteiger partial charge on any atom is 0.419 e. The number of aromatic nitrogens is 2. The number of aryl methyl sites for hydroxylation is 1. The summed E-state index contributed by atoms with van der Waals surface area (Å²) in [7, 11) is 1.76. The molecule has 1 N–H and O–H groups in total. The fourth-order valence-electron chi connectivity index (χ4n) is 5.08. The first kappa shape index (κ1) is 30.2. The van der Waals surface area contributed by atoms with E-state index in [-0.39, 0.29) is 55.5 Å². The Bertz CT molecular complexity index is 1380. The normalized spacial score (nSPS) is 18.0. The molecule has 0 radical (unpaired) electrons. The number of aldehydes is 1. The van der Waals surface area contributed by atoms with Crippen molar-refractivity contribution in [2.75, 3.05) is 36.9 Å². The Morgan fingerprint density at radius 3 is 2.39 bits per heavy atom. The van der Waals surface area contributed by atoms with Gasteiger partial charge in [-0.15, -0.1) is 0 Å². The van der Waals surface area contributed by atoms with Crippen molar-refractivity contribution in [1.82, 2.24) is 14.9 Å². The van der Waals surface area contributed by atoms with Crippen molar-refractivity contribution in [3.05, 3.63) is 82.6 Å². The zero-order chi connectivity index (χ0) is 30.0. The van der Waals surface area contributed by atoms with E-state index in [1.807, 2.05) is 35.2 Å². The zero-order valence-corrected chi connectivity index (χ0v) is 22.3. The standard InChI is InChI=1S/C28H28F7N5O/c1-18-37-24(26(17-41)11-12-40(15-26)16-27(30,31)32)21(14-39(2)20-8-4-3-5-9-20)25(38-18)36-13-19-7-6-10-22(23(19)29)28(33,34)35/h3-10,17H,11-16H2,1-2H3,(H,36,37,38). The number of likely N-dealkylation sites (tertiary alicyclic amines) is 1. The van der Waals surface area contributed by atoms with Crippen LogP contribution in [0.4, 0.5) is 42.2 Å². The molecule has 6 nitrogen and oxygen atoms in total. The van der Waals surface area contributed by atoms with Crippen molar-refractivity contribution in [2.24, 2.45) is 0 Å². The molecule has 0 amide bonds. The van der Waals surface area contributed by atoms with Crippen molar-refractivity contribution in [1.29, 1.82) is 0 Å². The predicted octanol–water partition coefficient (Wildman–Crippen LogP) is 5.90. The van der Waals surface area contributed by atoms with Gasteiger partial charge in [-0.05, 0) is 38.1 Å². The minimum atomic E-state index is -4.89. The number of alkyl halides is 6. The number of hydrogen-bond donors (Lipinski definition) is 1. The lowest BCUT2D eigenvalue weighted by Crippen LogP contribution is -2.39. The highest BCUT2D eigenvalue weighted by Crippen LogP contribution is 2.38. The highest BCUT2D eigenvalue weighted by molar-refractivity contribution is 5.71. The summed E-state index contributed by atoms with van der Waals surface area (Å²) in [6.45, 7) is -0.148. The van der Waals surface area contributed by atoms with Crippen LogP contribution in [0.2, 0.25) is 0 Å². The summed E-state index contributed by atoms with van der Waals surface area (Å²) in [4.78, 5) is 24.4. The number of halogens is 7. The van der Waals surface area contributed by atoms with E-state index in [2.05, 4.69) is 15.3 Å². The Labute approximate surface area is 232 Å². The summed E-state index contributed by atoms with van der Waals surface area (Å²) in [6.07, 6.45) is -8.66. The van der Waals surface area contributed by atoms with E-state index >= 15 is 0 Å². The molecule has 1 aromatic heterocycles. The van der Waals surface area contributed by atoms with Gasteiger partial charge in [-0.25, -0.2) is 14.4 Å². The Morgan fingerprint density at radius 1 is 1.05 bits per heavy atom. The van der Waals surface area contributed by atoms with Gasteiger partial charge in [0.05, 0.1) is 23.2 Å². The predicted molar refractivity (Wildman–Crippen MR) is 139 cm³/mol. The van der Waals surface area contributed by atoms with Crippen molar-refractivity contribution in [3.8, 4) is 0 Å². The molecule has 1 saturated heterocycles. The lowest BCUT2D eigenvalue weighted by molar-refractivity contribution is -0.144. The molecule has 13 heteroatoms. The summed E-state index contributed by atoms with van der Waals surface area (Å²) >= 11 is 0. The number of hydrogen-bond acceptors (Lipinski definition) is 6. The second-order valence-electron chi connectivity index (χ2n) is 10.1. The lowest BCUT2D eigenvalue weighted by atomic mass is 9.82. The molecule has 41 heavy (non-hydrogen) atoms. The Kier molecular flexibility index (Phi) is 8.57. The summed E-state index contributed by atoms with van der Waals surface area (Å²) < 4.78 is 94.0. The molecule has 220 valence electrons. The van der Waals surface area contributed by atoms with Gasteiger partial charge in [0.25, 0.3) is 0 Å². The molecule has 0 saturated carbocycles. The van der Waals surface area contributed by atoms with E-state index in [1.165, 1.54) is 13.0 Å². The van der Waals surface area contributed by atoms with Gasteiger partial charge in [-0.2, -0.15) is 26.3 Å². The van der Waals surface area contributed by atoms with Crippen molar-refractivity contribution in [3.63, 3.8) is 0 Å². The number of carbonyl (C=O) groups is 1. The highest BCUT2D eigenvalue weighted by atomic mass is 19.4. The molecule has 1 aliphatic heterocycles. The van der Waals surface area contributed by atoms with Crippen LogP contribution in [-0.4, -0.2) is 54.0 Å².